The molecule has 6 aliphatic rings. The second-order valence-electron chi connectivity index (χ2n) is 9.22. The number of hydrogen-bond acceptors (Lipinski definition) is 4. The number of nitrogens with zero attached hydrogens (tertiary/aromatic N) is 1. The van der Waals surface area contributed by atoms with Gasteiger partial charge < -0.3 is 15.7 Å². The summed E-state index contributed by atoms with van der Waals surface area (Å²) < 4.78 is 0. The Hall–Kier alpha value is -1.43. The molecule has 6 fully saturated rings. The number of primary amides is 1. The van der Waals surface area contributed by atoms with Crippen LogP contribution in [0.1, 0.15) is 51.4 Å². The van der Waals surface area contributed by atoms with E-state index in [9.17, 15) is 19.5 Å². The van der Waals surface area contributed by atoms with Crippen LogP contribution < -0.4 is 5.73 Å². The van der Waals surface area contributed by atoms with Gasteiger partial charge in [-0.3, -0.25) is 14.4 Å². The molecule has 1 aliphatic heterocycles. The maximum absolute atomic E-state index is 13.2. The molecule has 5 unspecified atom stereocenters. The molecule has 6 rings (SSSR count). The molecule has 5 saturated carbocycles. The topological polar surface area (TPSA) is 101 Å². The van der Waals surface area contributed by atoms with Crippen molar-refractivity contribution in [3.8, 4) is 0 Å². The third kappa shape index (κ3) is 1.89. The average molecular weight is 332 g/mol. The first-order valence-electron chi connectivity index (χ1n) is 9.19. The van der Waals surface area contributed by atoms with Gasteiger partial charge in [0.15, 0.2) is 0 Å². The zero-order valence-electron chi connectivity index (χ0n) is 13.7. The fourth-order valence-corrected chi connectivity index (χ4v) is 6.83. The summed E-state index contributed by atoms with van der Waals surface area (Å²) in [5.74, 6) is -0.352. The van der Waals surface area contributed by atoms with Gasteiger partial charge in [-0.25, -0.2) is 0 Å². The number of likely N-dealkylation sites (tertiary alicyclic amines) is 1. The first-order chi connectivity index (χ1) is 11.3. The second-order valence-corrected chi connectivity index (χ2v) is 9.22. The molecule has 1 heterocycles. The highest BCUT2D eigenvalue weighted by Crippen LogP contribution is 2.62. The van der Waals surface area contributed by atoms with Crippen LogP contribution in [0.3, 0.4) is 0 Å². The van der Waals surface area contributed by atoms with Crippen LogP contribution in [-0.4, -0.2) is 45.3 Å². The zero-order valence-corrected chi connectivity index (χ0v) is 13.7. The van der Waals surface area contributed by atoms with Crippen LogP contribution in [0.2, 0.25) is 0 Å². The monoisotopic (exact) mass is 332 g/mol. The Morgan fingerprint density at radius 3 is 2.25 bits per heavy atom. The molecule has 0 radical (unpaired) electrons. The lowest BCUT2D eigenvalue weighted by Crippen LogP contribution is -2.61. The number of rotatable bonds is 3. The predicted octanol–water partition coefficient (Wildman–Crippen LogP) is 0.361. The SMILES string of the molecule is NC(=O)C1CC2CC2N1C(=O)C(=O)C12CC3CC(CC(O)(C3)C1)C2. The van der Waals surface area contributed by atoms with Crippen molar-refractivity contribution in [2.24, 2.45) is 28.9 Å². The number of amides is 2. The number of piperidine rings is 1. The quantitative estimate of drug-likeness (QED) is 0.729. The Morgan fingerprint density at radius 1 is 1.00 bits per heavy atom. The molecule has 5 atom stereocenters. The summed E-state index contributed by atoms with van der Waals surface area (Å²) in [4.78, 5) is 39.4. The van der Waals surface area contributed by atoms with E-state index < -0.39 is 28.9 Å². The lowest BCUT2D eigenvalue weighted by molar-refractivity contribution is -0.181. The minimum Gasteiger partial charge on any atom is -0.390 e. The number of ketones is 1. The van der Waals surface area contributed by atoms with Crippen molar-refractivity contribution in [1.29, 1.82) is 0 Å². The minimum atomic E-state index is -0.768. The van der Waals surface area contributed by atoms with Crippen molar-refractivity contribution < 1.29 is 19.5 Å². The molecule has 130 valence electrons. The maximum atomic E-state index is 13.2. The van der Waals surface area contributed by atoms with E-state index in [0.29, 0.717) is 30.6 Å². The van der Waals surface area contributed by atoms with E-state index in [2.05, 4.69) is 0 Å². The van der Waals surface area contributed by atoms with Crippen molar-refractivity contribution in [2.75, 3.05) is 0 Å². The maximum Gasteiger partial charge on any atom is 0.291 e. The van der Waals surface area contributed by atoms with Crippen LogP contribution >= 0.6 is 0 Å². The third-order valence-corrected chi connectivity index (χ3v) is 7.37. The Balaban J connectivity index is 1.44. The number of Topliss-reactive ketones (excluding diaryl/α,β-unsaturated/α-hetero) is 1. The standard InChI is InChI=1S/C18H24N2O4/c19-15(22)13-3-11-2-12(11)20(13)16(23)14(21)17-4-9-1-10(5-17)7-18(24,6-9)8-17/h9-13,24H,1-8H2,(H2,19,22). The highest BCUT2D eigenvalue weighted by atomic mass is 16.3. The van der Waals surface area contributed by atoms with E-state index in [4.69, 9.17) is 5.73 Å². The number of fused-ring (bicyclic) bond motifs is 1. The third-order valence-electron chi connectivity index (χ3n) is 7.37. The molecule has 3 N–H and O–H groups in total. The average Bonchev–Trinajstić information content (AvgIpc) is 3.13. The van der Waals surface area contributed by atoms with Crippen molar-refractivity contribution in [1.82, 2.24) is 4.90 Å². The van der Waals surface area contributed by atoms with Gasteiger partial charge in [0.1, 0.15) is 6.04 Å². The van der Waals surface area contributed by atoms with E-state index in [-0.39, 0.29) is 11.8 Å². The fraction of sp³-hybridized carbons (Fsp3) is 0.833. The van der Waals surface area contributed by atoms with Gasteiger partial charge in [-0.15, -0.1) is 0 Å². The molecule has 6 heteroatoms. The van der Waals surface area contributed by atoms with E-state index in [1.165, 1.54) is 4.90 Å². The highest BCUT2D eigenvalue weighted by Gasteiger charge is 2.63. The normalized spacial score (nSPS) is 50.7. The molecule has 24 heavy (non-hydrogen) atoms. The molecule has 5 aliphatic carbocycles. The summed E-state index contributed by atoms with van der Waals surface area (Å²) in [5.41, 5.74) is 3.98. The summed E-state index contributed by atoms with van der Waals surface area (Å²) >= 11 is 0. The molecule has 4 bridgehead atoms. The molecule has 6 nitrogen and oxygen atoms in total. The van der Waals surface area contributed by atoms with Crippen LogP contribution in [-0.2, 0) is 14.4 Å². The largest absolute Gasteiger partial charge is 0.390 e. The van der Waals surface area contributed by atoms with Crippen LogP contribution in [0.25, 0.3) is 0 Å². The van der Waals surface area contributed by atoms with Gasteiger partial charge in [-0.2, -0.15) is 0 Å². The molecule has 2 amide bonds. The van der Waals surface area contributed by atoms with E-state index in [0.717, 1.165) is 38.5 Å². The Bertz CT molecular complexity index is 645. The number of carbonyl (C=O) groups is 3. The summed E-state index contributed by atoms with van der Waals surface area (Å²) in [6, 6.07) is -0.599. The highest BCUT2D eigenvalue weighted by molar-refractivity contribution is 6.38. The van der Waals surface area contributed by atoms with Gasteiger partial charge in [-0.05, 0) is 69.1 Å². The van der Waals surface area contributed by atoms with Crippen LogP contribution in [0.4, 0.5) is 0 Å². The minimum absolute atomic E-state index is 0.0240. The van der Waals surface area contributed by atoms with Crippen LogP contribution in [0.15, 0.2) is 0 Å². The molecule has 0 aromatic rings. The van der Waals surface area contributed by atoms with Gasteiger partial charge in [0.25, 0.3) is 5.91 Å². The smallest absolute Gasteiger partial charge is 0.291 e. The number of hydrogen-bond donors (Lipinski definition) is 2. The van der Waals surface area contributed by atoms with Gasteiger partial charge >= 0.3 is 0 Å². The van der Waals surface area contributed by atoms with Gasteiger partial charge in [0.05, 0.1) is 5.60 Å². The summed E-state index contributed by atoms with van der Waals surface area (Å²) in [6.07, 6.45) is 5.95. The molecule has 0 spiro atoms. The van der Waals surface area contributed by atoms with Crippen molar-refractivity contribution in [2.45, 2.75) is 69.1 Å². The number of nitrogens with two attached hydrogens (primary N) is 1. The zero-order chi connectivity index (χ0) is 16.9. The second kappa shape index (κ2) is 4.40. The predicted molar refractivity (Wildman–Crippen MR) is 83.4 cm³/mol. The summed E-state index contributed by atoms with van der Waals surface area (Å²) in [6.45, 7) is 0. The van der Waals surface area contributed by atoms with E-state index in [1.807, 2.05) is 0 Å². The molecule has 0 aromatic heterocycles. The van der Waals surface area contributed by atoms with Crippen molar-refractivity contribution in [3.05, 3.63) is 0 Å². The fourth-order valence-electron chi connectivity index (χ4n) is 6.83. The van der Waals surface area contributed by atoms with Gasteiger partial charge in [-0.1, -0.05) is 0 Å². The number of aliphatic hydroxyl groups is 1. The molecular formula is C18H24N2O4. The lowest BCUT2D eigenvalue weighted by Gasteiger charge is -2.59. The molecule has 1 saturated heterocycles. The number of carbonyl (C=O) groups excluding carboxylic acids is 3. The van der Waals surface area contributed by atoms with Gasteiger partial charge in [0, 0.05) is 11.5 Å². The van der Waals surface area contributed by atoms with Crippen molar-refractivity contribution in [3.63, 3.8) is 0 Å². The molecular weight excluding hydrogens is 308 g/mol. The Morgan fingerprint density at radius 2 is 1.67 bits per heavy atom. The van der Waals surface area contributed by atoms with Crippen molar-refractivity contribution >= 4 is 17.6 Å². The van der Waals surface area contributed by atoms with E-state index >= 15 is 0 Å². The Kier molecular flexibility index (Phi) is 2.72. The molecule has 0 aromatic carbocycles. The van der Waals surface area contributed by atoms with Crippen LogP contribution in [0, 0.1) is 23.2 Å². The lowest BCUT2D eigenvalue weighted by atomic mass is 9.47. The van der Waals surface area contributed by atoms with Gasteiger partial charge in [0.2, 0.25) is 11.7 Å². The van der Waals surface area contributed by atoms with E-state index in [1.54, 1.807) is 0 Å². The van der Waals surface area contributed by atoms with Crippen LogP contribution in [0.5, 0.6) is 0 Å². The Labute approximate surface area is 140 Å². The first kappa shape index (κ1) is 14.9. The first-order valence-corrected chi connectivity index (χ1v) is 9.19. The summed E-state index contributed by atoms with van der Waals surface area (Å²) in [7, 11) is 0. The summed E-state index contributed by atoms with van der Waals surface area (Å²) in [5, 5.41) is 10.8.